The zero-order valence-corrected chi connectivity index (χ0v) is 62.8. The van der Waals surface area contributed by atoms with Gasteiger partial charge in [0.1, 0.15) is 0 Å². The number of aliphatic hydroxyl groups excluding tert-OH is 1. The van der Waals surface area contributed by atoms with Crippen LogP contribution < -0.4 is 0 Å². The van der Waals surface area contributed by atoms with E-state index in [-0.39, 0.29) is 23.2 Å². The summed E-state index contributed by atoms with van der Waals surface area (Å²) in [5, 5.41) is 48.6. The first kappa shape index (κ1) is 68.6. The van der Waals surface area contributed by atoms with Crippen LogP contribution >= 0.6 is 40.3 Å². The van der Waals surface area contributed by atoms with E-state index in [1.54, 1.807) is 31.2 Å². The molecule has 1 N–H and O–H groups in total. The summed E-state index contributed by atoms with van der Waals surface area (Å²) >= 11 is 9.43. The van der Waals surface area contributed by atoms with Crippen molar-refractivity contribution in [2.75, 3.05) is 24.7 Å². The summed E-state index contributed by atoms with van der Waals surface area (Å²) in [6, 6.07) is 105. The third kappa shape index (κ3) is 12.9. The number of hydrogen-bond acceptors (Lipinski definition) is 7. The molecule has 0 bridgehead atoms. The molecule has 0 unspecified atom stereocenters. The zero-order chi connectivity index (χ0) is 72.2. The van der Waals surface area contributed by atoms with Crippen LogP contribution in [0.3, 0.4) is 0 Å². The molecule has 5 nitrogen and oxygen atoms in total. The van der Waals surface area contributed by atoms with E-state index in [1.807, 2.05) is 6.92 Å². The van der Waals surface area contributed by atoms with Crippen LogP contribution in [0.5, 0.6) is 0 Å². The van der Waals surface area contributed by atoms with Crippen molar-refractivity contribution in [3.05, 3.63) is 330 Å². The molecule has 516 valence electrons. The van der Waals surface area contributed by atoms with E-state index in [0.29, 0.717) is 12.8 Å². The number of carbonyl (C=O) groups is 1. The van der Waals surface area contributed by atoms with Crippen LogP contribution in [-0.2, 0) is 44.8 Å². The van der Waals surface area contributed by atoms with E-state index in [0.717, 1.165) is 40.9 Å². The Morgan fingerprint density at radius 1 is 0.349 bits per heavy atom. The predicted octanol–water partition coefficient (Wildman–Crippen LogP) is 25.8. The topological polar surface area (TPSA) is 80.7 Å². The first-order valence-corrected chi connectivity index (χ1v) is 39.9. The number of benzene rings is 21. The summed E-state index contributed by atoms with van der Waals surface area (Å²) in [6.45, 7) is 3.87. The summed E-state index contributed by atoms with van der Waals surface area (Å²) in [6.07, 6.45) is 3.20. The maximum atomic E-state index is 12.4. The van der Waals surface area contributed by atoms with Crippen molar-refractivity contribution in [1.29, 1.82) is 0 Å². The predicted molar refractivity (Wildman–Crippen MR) is 462 cm³/mol. The fourth-order valence-corrected chi connectivity index (χ4v) is 18.6. The van der Waals surface area contributed by atoms with Gasteiger partial charge in [0, 0.05) is 23.8 Å². The van der Waals surface area contributed by atoms with Crippen LogP contribution in [0, 0.1) is 6.92 Å². The van der Waals surface area contributed by atoms with Crippen LogP contribution in [0.2, 0.25) is 0 Å². The van der Waals surface area contributed by atoms with Gasteiger partial charge >= 0.3 is 0 Å². The average Bonchev–Trinajstić information content (AvgIpc) is 0.763. The van der Waals surface area contributed by atoms with Gasteiger partial charge in [0.15, 0.2) is 5.12 Å². The number of thiol groups is 1. The van der Waals surface area contributed by atoms with Crippen LogP contribution in [0.1, 0.15) is 34.7 Å². The minimum atomic E-state index is -3.75. The molecule has 106 heavy (non-hydrogen) atoms. The standard InChI is InChI=1S/C25H20O3S.C20H16OS.C18H14O.C18H14S.C16H9Br/c1-17-5-12-22(13-6-17)29(26,27)28-16-15-18-7-8-21-10-9-19-3-2-4-20-11-14-23(18)25(21)24(19)20;1-13(21)22-12-11-14-5-6-17-8-7-15-3-2-4-16-9-10-18(14)20(17)19(15)16;2*19-11-10-12-4-5-15-7-6-13-2-1-3-14-8-9-16(12)18(15)17(13)14;17-14-9-7-12-5-4-10-2-1-3-11-6-8-13(14)16(12)15(10)11/h2-14H,15-16H2,1H3;2-10H,11-12H2,1H3;2*1-9,19H,10-11H2;1-9H. The number of aliphatic hydroxyl groups is 1. The van der Waals surface area contributed by atoms with Crippen molar-refractivity contribution in [1.82, 2.24) is 0 Å². The molecule has 0 heterocycles. The summed E-state index contributed by atoms with van der Waals surface area (Å²) < 4.78 is 31.4. The minimum absolute atomic E-state index is 0.111. The quantitative estimate of drug-likeness (QED) is 0.0721. The highest BCUT2D eigenvalue weighted by Crippen LogP contribution is 2.42. The van der Waals surface area contributed by atoms with Crippen molar-refractivity contribution in [3.8, 4) is 0 Å². The van der Waals surface area contributed by atoms with E-state index < -0.39 is 10.1 Å². The third-order valence-electron chi connectivity index (χ3n) is 21.3. The van der Waals surface area contributed by atoms with Crippen molar-refractivity contribution in [2.45, 2.75) is 44.4 Å². The molecular weight excluding hydrogens is 1420 g/mol. The molecule has 0 aliphatic heterocycles. The summed E-state index contributed by atoms with van der Waals surface area (Å²) in [5.74, 6) is 1.74. The maximum absolute atomic E-state index is 12.4. The number of aryl methyl sites for hydroxylation is 3. The number of halogens is 1. The Kier molecular flexibility index (Phi) is 18.9. The highest BCUT2D eigenvalue weighted by atomic mass is 79.9. The van der Waals surface area contributed by atoms with E-state index in [4.69, 9.17) is 4.18 Å². The molecule has 0 aliphatic rings. The van der Waals surface area contributed by atoms with Gasteiger partial charge < -0.3 is 5.11 Å². The molecule has 21 aromatic carbocycles. The second kappa shape index (κ2) is 29.1. The molecule has 0 saturated carbocycles. The summed E-state index contributed by atoms with van der Waals surface area (Å²) in [5.41, 5.74) is 6.07. The Bertz CT molecular complexity index is 6720. The van der Waals surface area contributed by atoms with Gasteiger partial charge in [-0.1, -0.05) is 312 Å². The average molecular weight is 1490 g/mol. The molecule has 9 heteroatoms. The highest BCUT2D eigenvalue weighted by molar-refractivity contribution is 9.10. The molecule has 0 aliphatic carbocycles. The lowest BCUT2D eigenvalue weighted by Gasteiger charge is -2.14. The van der Waals surface area contributed by atoms with Gasteiger partial charge in [-0.25, -0.2) is 0 Å². The smallest absolute Gasteiger partial charge is 0.296 e. The largest absolute Gasteiger partial charge is 0.396 e. The van der Waals surface area contributed by atoms with Gasteiger partial charge in [0.2, 0.25) is 0 Å². The Labute approximate surface area is 633 Å². The number of thioether (sulfide) groups is 1. The van der Waals surface area contributed by atoms with Gasteiger partial charge in [-0.2, -0.15) is 21.0 Å². The molecule has 0 atom stereocenters. The van der Waals surface area contributed by atoms with Crippen LogP contribution in [0.25, 0.3) is 162 Å². The van der Waals surface area contributed by atoms with Gasteiger partial charge in [-0.3, -0.25) is 8.98 Å². The fourth-order valence-electron chi connectivity index (χ4n) is 16.3. The van der Waals surface area contributed by atoms with Crippen molar-refractivity contribution >= 4 is 217 Å². The monoisotopic (exact) mass is 1490 g/mol. The van der Waals surface area contributed by atoms with Gasteiger partial charge in [-0.15, -0.1) is 0 Å². The molecule has 0 saturated heterocycles. The molecule has 0 spiro atoms. The van der Waals surface area contributed by atoms with Crippen LogP contribution in [0.4, 0.5) is 0 Å². The zero-order valence-electron chi connectivity index (χ0n) is 58.7. The molecule has 21 rings (SSSR count). The number of carbonyl (C=O) groups excluding carboxylic acids is 1. The van der Waals surface area contributed by atoms with Crippen LogP contribution in [-0.4, -0.2) is 43.4 Å². The number of hydrogen-bond donors (Lipinski definition) is 2. The Hall–Kier alpha value is -10.5. The van der Waals surface area contributed by atoms with E-state index >= 15 is 0 Å². The second-order valence-corrected chi connectivity index (χ2v) is 31.8. The van der Waals surface area contributed by atoms with Crippen molar-refractivity contribution < 1.29 is 22.5 Å². The SMILES string of the molecule is Brc1ccc2ccc3cccc4ccc1c2c34.CC(=O)SCCc1ccc2ccc3cccc4ccc1c2c34.Cc1ccc(S(=O)(=O)OCCc2ccc3ccc4cccc5ccc2c3c45)cc1.OCCc1ccc2ccc3cccc4ccc1c2c34.SCCc1ccc2ccc3cccc4ccc1c2c34. The second-order valence-electron chi connectivity index (χ2n) is 27.6. The Morgan fingerprint density at radius 3 is 0.953 bits per heavy atom. The molecular formula is C97H73BrO5S3. The Morgan fingerprint density at radius 2 is 0.623 bits per heavy atom. The lowest BCUT2D eigenvalue weighted by atomic mass is 9.91. The minimum Gasteiger partial charge on any atom is -0.396 e. The first-order chi connectivity index (χ1) is 51.9. The summed E-state index contributed by atoms with van der Waals surface area (Å²) in [4.78, 5) is 11.3. The molecule has 21 aromatic rings. The maximum Gasteiger partial charge on any atom is 0.296 e. The van der Waals surface area contributed by atoms with E-state index in [9.17, 15) is 18.3 Å². The Balaban J connectivity index is 0.0000000987. The first-order valence-electron chi connectivity index (χ1n) is 36.1. The number of rotatable bonds is 12. The molecule has 0 aromatic heterocycles. The molecule has 0 amide bonds. The van der Waals surface area contributed by atoms with E-state index in [2.05, 4.69) is 302 Å². The van der Waals surface area contributed by atoms with Crippen molar-refractivity contribution in [3.63, 3.8) is 0 Å². The van der Waals surface area contributed by atoms with Crippen molar-refractivity contribution in [2.24, 2.45) is 0 Å². The summed E-state index contributed by atoms with van der Waals surface area (Å²) in [7, 11) is -3.75. The van der Waals surface area contributed by atoms with Gasteiger partial charge in [0.25, 0.3) is 10.1 Å². The van der Waals surface area contributed by atoms with Gasteiger partial charge in [0.05, 0.1) is 11.5 Å². The van der Waals surface area contributed by atoms with Crippen LogP contribution in [0.15, 0.2) is 307 Å². The molecule has 0 fully saturated rings. The molecule has 0 radical (unpaired) electrons. The lowest BCUT2D eigenvalue weighted by Crippen LogP contribution is -2.09. The van der Waals surface area contributed by atoms with Gasteiger partial charge in [-0.05, 0) is 240 Å². The third-order valence-corrected chi connectivity index (χ3v) is 24.4. The lowest BCUT2D eigenvalue weighted by molar-refractivity contribution is -0.109. The fraction of sp³-hybridized carbons (Fsp3) is 0.103. The highest BCUT2D eigenvalue weighted by Gasteiger charge is 2.19. The normalized spacial score (nSPS) is 11.9. The van der Waals surface area contributed by atoms with E-state index in [1.165, 1.54) is 189 Å².